The van der Waals surface area contributed by atoms with E-state index in [1.165, 1.54) is 6.26 Å². The lowest BCUT2D eigenvalue weighted by Crippen LogP contribution is -2.03. The highest BCUT2D eigenvalue weighted by atomic mass is 35.5. The molecule has 1 amide bonds. The molecule has 0 radical (unpaired) electrons. The molecule has 1 rings (SSSR count). The van der Waals surface area contributed by atoms with Gasteiger partial charge in [-0.1, -0.05) is 18.2 Å². The van der Waals surface area contributed by atoms with Crippen molar-refractivity contribution in [3.63, 3.8) is 0 Å². The van der Waals surface area contributed by atoms with E-state index in [-0.39, 0.29) is 5.88 Å². The normalized spacial score (nSPS) is 14.4. The Balaban J connectivity index is 3.15. The Morgan fingerprint density at radius 1 is 1.43 bits per heavy atom. The highest BCUT2D eigenvalue weighted by Crippen LogP contribution is 2.10. The summed E-state index contributed by atoms with van der Waals surface area (Å²) in [5.74, 6) is -0.791. The Bertz CT molecular complexity index is 435. The van der Waals surface area contributed by atoms with Gasteiger partial charge in [-0.05, 0) is 12.1 Å². The molecule has 0 aliphatic rings. The van der Waals surface area contributed by atoms with Crippen molar-refractivity contribution in [1.82, 2.24) is 0 Å². The van der Waals surface area contributed by atoms with Crippen LogP contribution in [0.3, 0.4) is 0 Å². The summed E-state index contributed by atoms with van der Waals surface area (Å²) in [4.78, 5) is 11.5. The molecule has 0 spiro atoms. The zero-order valence-corrected chi connectivity index (χ0v) is 9.22. The Morgan fingerprint density at radius 2 is 2.00 bits per heavy atom. The molecule has 14 heavy (non-hydrogen) atoms. The van der Waals surface area contributed by atoms with E-state index < -0.39 is 15.6 Å². The van der Waals surface area contributed by atoms with E-state index in [4.69, 9.17) is 11.6 Å². The van der Waals surface area contributed by atoms with Crippen LogP contribution in [0.5, 0.6) is 0 Å². The smallest absolute Gasteiger partial charge is 0.268 e. The van der Waals surface area contributed by atoms with E-state index in [9.17, 15) is 9.00 Å². The minimum Gasteiger partial charge on any atom is -0.271 e. The Morgan fingerprint density at radius 3 is 2.50 bits per heavy atom. The van der Waals surface area contributed by atoms with Crippen LogP contribution in [0.2, 0.25) is 0 Å². The average molecular weight is 232 g/mol. The maximum atomic E-state index is 11.9. The number of hydrogen-bond acceptors (Lipinski definition) is 2. The molecule has 0 bridgehead atoms. The zero-order chi connectivity index (χ0) is 10.6. The summed E-state index contributed by atoms with van der Waals surface area (Å²) in [5, 5.41) is 0. The van der Waals surface area contributed by atoms with Crippen LogP contribution in [0.1, 0.15) is 0 Å². The molecular formula is C9H10ClNO2S. The molecule has 5 heteroatoms. The van der Waals surface area contributed by atoms with Gasteiger partial charge in [0.25, 0.3) is 5.91 Å². The second kappa shape index (κ2) is 4.57. The van der Waals surface area contributed by atoms with Crippen molar-refractivity contribution in [2.45, 2.75) is 4.90 Å². The van der Waals surface area contributed by atoms with Gasteiger partial charge in [-0.15, -0.1) is 11.6 Å². The quantitative estimate of drug-likeness (QED) is 0.730. The second-order valence-electron chi connectivity index (χ2n) is 2.73. The van der Waals surface area contributed by atoms with E-state index >= 15 is 0 Å². The maximum absolute atomic E-state index is 11.9. The van der Waals surface area contributed by atoms with Crippen LogP contribution in [0.15, 0.2) is 39.6 Å². The van der Waals surface area contributed by atoms with Gasteiger partial charge in [0, 0.05) is 11.2 Å². The minimum absolute atomic E-state index is 0.238. The molecule has 0 aromatic heterocycles. The first-order valence-electron chi connectivity index (χ1n) is 3.92. The van der Waals surface area contributed by atoms with Crippen molar-refractivity contribution >= 4 is 27.2 Å². The van der Waals surface area contributed by atoms with Gasteiger partial charge in [0.2, 0.25) is 0 Å². The van der Waals surface area contributed by atoms with Gasteiger partial charge < -0.3 is 0 Å². The summed E-state index contributed by atoms with van der Waals surface area (Å²) in [7, 11) is -2.63. The third-order valence-electron chi connectivity index (χ3n) is 1.57. The fourth-order valence-electron chi connectivity index (χ4n) is 0.944. The summed E-state index contributed by atoms with van der Waals surface area (Å²) >= 11 is 5.28. The lowest BCUT2D eigenvalue weighted by atomic mass is 10.4. The highest BCUT2D eigenvalue weighted by molar-refractivity contribution is 7.93. The van der Waals surface area contributed by atoms with E-state index in [2.05, 4.69) is 4.36 Å². The molecule has 1 unspecified atom stereocenters. The summed E-state index contributed by atoms with van der Waals surface area (Å²) in [6, 6.07) is 8.65. The van der Waals surface area contributed by atoms with Crippen molar-refractivity contribution in [2.75, 3.05) is 12.1 Å². The summed E-state index contributed by atoms with van der Waals surface area (Å²) < 4.78 is 15.5. The van der Waals surface area contributed by atoms with Gasteiger partial charge in [0.05, 0.1) is 9.73 Å². The fourth-order valence-corrected chi connectivity index (χ4v) is 2.30. The summed E-state index contributed by atoms with van der Waals surface area (Å²) in [5.41, 5.74) is 0. The lowest BCUT2D eigenvalue weighted by molar-refractivity contribution is -0.115. The van der Waals surface area contributed by atoms with E-state index in [0.29, 0.717) is 4.90 Å². The lowest BCUT2D eigenvalue weighted by Gasteiger charge is -2.01. The molecule has 0 heterocycles. The predicted octanol–water partition coefficient (Wildman–Crippen LogP) is 1.91. The molecule has 0 saturated carbocycles. The number of nitrogens with zero attached hydrogens (tertiary/aromatic N) is 1. The van der Waals surface area contributed by atoms with Gasteiger partial charge in [-0.2, -0.15) is 4.36 Å². The van der Waals surface area contributed by atoms with Crippen molar-refractivity contribution in [1.29, 1.82) is 0 Å². The van der Waals surface area contributed by atoms with Crippen LogP contribution in [0.25, 0.3) is 0 Å². The minimum atomic E-state index is -2.63. The highest BCUT2D eigenvalue weighted by Gasteiger charge is 2.07. The Hall–Kier alpha value is -0.870. The first kappa shape index (κ1) is 11.2. The van der Waals surface area contributed by atoms with Crippen molar-refractivity contribution < 1.29 is 9.00 Å². The first-order chi connectivity index (χ1) is 6.56. The van der Waals surface area contributed by atoms with E-state index in [0.717, 1.165) is 0 Å². The number of carbonyl (C=O) groups excluding carboxylic acids is 1. The zero-order valence-electron chi connectivity index (χ0n) is 7.64. The third-order valence-corrected chi connectivity index (χ3v) is 3.50. The number of amides is 1. The first-order valence-corrected chi connectivity index (χ1v) is 6.38. The molecule has 0 aliphatic carbocycles. The van der Waals surface area contributed by atoms with Gasteiger partial charge in [-0.25, -0.2) is 4.21 Å². The standard InChI is InChI=1S/C9H10ClNO2S/c1-14(13,11-9(12)7-10)8-5-3-2-4-6-8/h2-6H,7H2,1H3. The van der Waals surface area contributed by atoms with Crippen molar-refractivity contribution in [2.24, 2.45) is 4.36 Å². The van der Waals surface area contributed by atoms with Gasteiger partial charge >= 0.3 is 0 Å². The van der Waals surface area contributed by atoms with Gasteiger partial charge in [-0.3, -0.25) is 4.79 Å². The molecule has 1 aromatic carbocycles. The van der Waals surface area contributed by atoms with Crippen molar-refractivity contribution in [3.05, 3.63) is 30.3 Å². The van der Waals surface area contributed by atoms with Crippen molar-refractivity contribution in [3.8, 4) is 0 Å². The number of halogens is 1. The van der Waals surface area contributed by atoms with E-state index in [1.54, 1.807) is 24.3 Å². The number of alkyl halides is 1. The monoisotopic (exact) mass is 231 g/mol. The number of carbonyl (C=O) groups is 1. The number of rotatable bonds is 2. The summed E-state index contributed by atoms with van der Waals surface area (Å²) in [6.07, 6.45) is 1.42. The molecule has 1 atom stereocenters. The SMILES string of the molecule is CS(=O)(=NC(=O)CCl)c1ccccc1. The summed E-state index contributed by atoms with van der Waals surface area (Å²) in [6.45, 7) is 0. The van der Waals surface area contributed by atoms with Crippen LogP contribution >= 0.6 is 11.6 Å². The molecular weight excluding hydrogens is 222 g/mol. The number of benzene rings is 1. The molecule has 0 saturated heterocycles. The largest absolute Gasteiger partial charge is 0.271 e. The molecule has 0 N–H and O–H groups in total. The topological polar surface area (TPSA) is 46.5 Å². The Kier molecular flexibility index (Phi) is 3.66. The Labute approximate surface area is 88.3 Å². The van der Waals surface area contributed by atoms with Crippen LogP contribution in [-0.2, 0) is 14.5 Å². The average Bonchev–Trinajstić information content (AvgIpc) is 2.18. The molecule has 76 valence electrons. The predicted molar refractivity (Wildman–Crippen MR) is 56.9 cm³/mol. The van der Waals surface area contributed by atoms with Crippen LogP contribution < -0.4 is 0 Å². The van der Waals surface area contributed by atoms with Crippen LogP contribution in [0, 0.1) is 0 Å². The van der Waals surface area contributed by atoms with Crippen LogP contribution in [-0.4, -0.2) is 22.3 Å². The molecule has 0 aliphatic heterocycles. The maximum Gasteiger partial charge on any atom is 0.268 e. The third kappa shape index (κ3) is 2.82. The van der Waals surface area contributed by atoms with Gasteiger partial charge in [0.1, 0.15) is 5.88 Å². The van der Waals surface area contributed by atoms with E-state index in [1.807, 2.05) is 6.07 Å². The van der Waals surface area contributed by atoms with Crippen LogP contribution in [0.4, 0.5) is 0 Å². The molecule has 3 nitrogen and oxygen atoms in total. The second-order valence-corrected chi connectivity index (χ2v) is 5.26. The molecule has 1 aromatic rings. The fraction of sp³-hybridized carbons (Fsp3) is 0.222. The van der Waals surface area contributed by atoms with Gasteiger partial charge in [0.15, 0.2) is 0 Å². The number of hydrogen-bond donors (Lipinski definition) is 0. The molecule has 0 fully saturated rings.